The van der Waals surface area contributed by atoms with Crippen LogP contribution in [0.25, 0.3) is 0 Å². The topological polar surface area (TPSA) is 33.1 Å². The van der Waals surface area contributed by atoms with Crippen LogP contribution in [0, 0.1) is 5.82 Å². The summed E-state index contributed by atoms with van der Waals surface area (Å²) in [6, 6.07) is 0. The zero-order chi connectivity index (χ0) is 12.5. The fourth-order valence-electron chi connectivity index (χ4n) is 1.19. The Morgan fingerprint density at radius 1 is 1.31 bits per heavy atom. The first kappa shape index (κ1) is 12.8. The summed E-state index contributed by atoms with van der Waals surface area (Å²) in [4.78, 5) is 2.93. The van der Waals surface area contributed by atoms with Gasteiger partial charge >= 0.3 is 6.18 Å². The van der Waals surface area contributed by atoms with Gasteiger partial charge in [-0.2, -0.15) is 13.2 Å². The highest BCUT2D eigenvalue weighted by Crippen LogP contribution is 2.39. The molecule has 1 aromatic rings. The van der Waals surface area contributed by atoms with Crippen molar-refractivity contribution in [3.8, 4) is 0 Å². The maximum Gasteiger partial charge on any atom is 0.418 e. The molecule has 0 aliphatic rings. The van der Waals surface area contributed by atoms with Crippen LogP contribution in [0.2, 0.25) is 0 Å². The van der Waals surface area contributed by atoms with E-state index in [0.717, 1.165) is 0 Å². The fraction of sp³-hybridized carbons (Fsp3) is 0.375. The third-order valence-electron chi connectivity index (χ3n) is 1.80. The van der Waals surface area contributed by atoms with Crippen molar-refractivity contribution in [2.45, 2.75) is 19.2 Å². The van der Waals surface area contributed by atoms with Gasteiger partial charge in [0.15, 0.2) is 5.82 Å². The Morgan fingerprint density at radius 3 is 2.25 bits per heavy atom. The number of nitrogens with zero attached hydrogens (tertiary/aromatic N) is 1. The minimum atomic E-state index is -5.20. The van der Waals surface area contributed by atoms with Crippen LogP contribution < -0.4 is 0 Å². The van der Waals surface area contributed by atoms with E-state index in [1.165, 1.54) is 0 Å². The SMILES string of the molecule is OCc1ncc(F)c(C(F)F)c1C(F)(F)F. The molecule has 0 saturated carbocycles. The molecule has 1 heterocycles. The predicted molar refractivity (Wildman–Crippen MR) is 40.1 cm³/mol. The third kappa shape index (κ3) is 2.26. The first-order valence-electron chi connectivity index (χ1n) is 3.92. The summed E-state index contributed by atoms with van der Waals surface area (Å²) in [6.45, 7) is -1.20. The number of alkyl halides is 5. The molecule has 0 spiro atoms. The number of rotatable bonds is 2. The number of halogens is 6. The van der Waals surface area contributed by atoms with Crippen molar-refractivity contribution in [2.24, 2.45) is 0 Å². The monoisotopic (exact) mass is 245 g/mol. The molecule has 90 valence electrons. The van der Waals surface area contributed by atoms with E-state index in [2.05, 4.69) is 4.98 Å². The molecular weight excluding hydrogens is 240 g/mol. The molecule has 0 unspecified atom stereocenters. The second-order valence-corrected chi connectivity index (χ2v) is 2.80. The summed E-state index contributed by atoms with van der Waals surface area (Å²) >= 11 is 0. The van der Waals surface area contributed by atoms with Crippen LogP contribution >= 0.6 is 0 Å². The van der Waals surface area contributed by atoms with E-state index in [4.69, 9.17) is 5.11 Å². The Morgan fingerprint density at radius 2 is 1.88 bits per heavy atom. The smallest absolute Gasteiger partial charge is 0.390 e. The molecule has 0 fully saturated rings. The predicted octanol–water partition coefficient (Wildman–Crippen LogP) is 2.67. The highest BCUT2D eigenvalue weighted by molar-refractivity contribution is 5.34. The van der Waals surface area contributed by atoms with Crippen LogP contribution in [0.5, 0.6) is 0 Å². The summed E-state index contributed by atoms with van der Waals surface area (Å²) in [5, 5.41) is 8.55. The van der Waals surface area contributed by atoms with Gasteiger partial charge in [-0.3, -0.25) is 4.98 Å². The fourth-order valence-corrected chi connectivity index (χ4v) is 1.19. The molecule has 0 radical (unpaired) electrons. The van der Waals surface area contributed by atoms with Crippen LogP contribution in [0.4, 0.5) is 26.3 Å². The second kappa shape index (κ2) is 4.28. The Bertz CT molecular complexity index is 389. The quantitative estimate of drug-likeness (QED) is 0.812. The van der Waals surface area contributed by atoms with Crippen molar-refractivity contribution >= 4 is 0 Å². The van der Waals surface area contributed by atoms with Gasteiger partial charge in [-0.1, -0.05) is 0 Å². The molecule has 1 N–H and O–H groups in total. The van der Waals surface area contributed by atoms with Crippen molar-refractivity contribution < 1.29 is 31.4 Å². The maximum absolute atomic E-state index is 12.8. The van der Waals surface area contributed by atoms with Gasteiger partial charge in [-0.05, 0) is 0 Å². The molecule has 0 atom stereocenters. The summed E-state index contributed by atoms with van der Waals surface area (Å²) in [5.41, 5.74) is -4.72. The Hall–Kier alpha value is -1.31. The average molecular weight is 245 g/mol. The molecule has 0 amide bonds. The highest BCUT2D eigenvalue weighted by atomic mass is 19.4. The van der Waals surface area contributed by atoms with Gasteiger partial charge in [0.2, 0.25) is 0 Å². The van der Waals surface area contributed by atoms with Gasteiger partial charge in [-0.15, -0.1) is 0 Å². The summed E-state index contributed by atoms with van der Waals surface area (Å²) in [5.74, 6) is -1.75. The lowest BCUT2D eigenvalue weighted by Gasteiger charge is -2.15. The first-order chi connectivity index (χ1) is 7.29. The van der Waals surface area contributed by atoms with Crippen LogP contribution in [0.1, 0.15) is 23.2 Å². The Kier molecular flexibility index (Phi) is 3.41. The number of aliphatic hydroxyl groups excluding tert-OH is 1. The van der Waals surface area contributed by atoms with Gasteiger partial charge in [0.05, 0.1) is 29.6 Å². The van der Waals surface area contributed by atoms with Gasteiger partial charge < -0.3 is 5.11 Å². The average Bonchev–Trinajstić information content (AvgIpc) is 2.15. The van der Waals surface area contributed by atoms with E-state index in [-0.39, 0.29) is 6.20 Å². The minimum Gasteiger partial charge on any atom is -0.390 e. The van der Waals surface area contributed by atoms with Crippen molar-refractivity contribution in [1.82, 2.24) is 4.98 Å². The van der Waals surface area contributed by atoms with Gasteiger partial charge in [-0.25, -0.2) is 13.2 Å². The van der Waals surface area contributed by atoms with Gasteiger partial charge in [0.1, 0.15) is 0 Å². The summed E-state index contributed by atoms with van der Waals surface area (Å²) in [6.07, 6.45) is -8.61. The molecule has 0 aromatic carbocycles. The normalized spacial score (nSPS) is 12.2. The first-order valence-corrected chi connectivity index (χ1v) is 3.92. The molecule has 2 nitrogen and oxygen atoms in total. The van der Waals surface area contributed by atoms with Crippen LogP contribution in [0.15, 0.2) is 6.20 Å². The van der Waals surface area contributed by atoms with E-state index in [1.54, 1.807) is 0 Å². The zero-order valence-corrected chi connectivity index (χ0v) is 7.52. The molecule has 0 saturated heterocycles. The van der Waals surface area contributed by atoms with Crippen molar-refractivity contribution in [3.63, 3.8) is 0 Å². The van der Waals surface area contributed by atoms with E-state index >= 15 is 0 Å². The zero-order valence-electron chi connectivity index (χ0n) is 7.52. The van der Waals surface area contributed by atoms with Gasteiger partial charge in [0.25, 0.3) is 6.43 Å². The lowest BCUT2D eigenvalue weighted by molar-refractivity contribution is -0.141. The molecule has 1 aromatic heterocycles. The summed E-state index contributed by atoms with van der Waals surface area (Å²) < 4.78 is 74.5. The number of aliphatic hydroxyl groups is 1. The second-order valence-electron chi connectivity index (χ2n) is 2.80. The van der Waals surface area contributed by atoms with Crippen LogP contribution in [-0.2, 0) is 12.8 Å². The number of hydrogen-bond donors (Lipinski definition) is 1. The molecular formula is C8H5F6NO. The summed E-state index contributed by atoms with van der Waals surface area (Å²) in [7, 11) is 0. The Balaban J connectivity index is 3.56. The highest BCUT2D eigenvalue weighted by Gasteiger charge is 2.40. The number of aromatic nitrogens is 1. The molecule has 16 heavy (non-hydrogen) atoms. The maximum atomic E-state index is 12.8. The number of hydrogen-bond acceptors (Lipinski definition) is 2. The van der Waals surface area contributed by atoms with E-state index in [1.807, 2.05) is 0 Å². The largest absolute Gasteiger partial charge is 0.418 e. The van der Waals surface area contributed by atoms with Crippen molar-refractivity contribution in [1.29, 1.82) is 0 Å². The molecule has 0 bridgehead atoms. The van der Waals surface area contributed by atoms with E-state index in [0.29, 0.717) is 0 Å². The Labute approximate surface area is 85.5 Å². The molecule has 8 heteroatoms. The van der Waals surface area contributed by atoms with Crippen LogP contribution in [0.3, 0.4) is 0 Å². The lowest BCUT2D eigenvalue weighted by Crippen LogP contribution is -2.16. The standard InChI is InChI=1S/C8H5F6NO/c9-3-1-15-4(2-16)6(8(12,13)14)5(3)7(10)11/h1,7,16H,2H2. The van der Waals surface area contributed by atoms with E-state index < -0.39 is 41.8 Å². The van der Waals surface area contributed by atoms with E-state index in [9.17, 15) is 26.3 Å². The third-order valence-corrected chi connectivity index (χ3v) is 1.80. The lowest BCUT2D eigenvalue weighted by atomic mass is 10.1. The minimum absolute atomic E-state index is 0.224. The van der Waals surface area contributed by atoms with Crippen LogP contribution in [-0.4, -0.2) is 10.1 Å². The number of pyridine rings is 1. The molecule has 0 aliphatic carbocycles. The van der Waals surface area contributed by atoms with Crippen molar-refractivity contribution in [3.05, 3.63) is 28.8 Å². The van der Waals surface area contributed by atoms with Gasteiger partial charge in [0, 0.05) is 0 Å². The molecule has 1 rings (SSSR count). The molecule has 0 aliphatic heterocycles. The van der Waals surface area contributed by atoms with Crippen molar-refractivity contribution in [2.75, 3.05) is 0 Å².